The van der Waals surface area contributed by atoms with Crippen molar-refractivity contribution in [3.63, 3.8) is 0 Å². The van der Waals surface area contributed by atoms with Gasteiger partial charge in [-0.1, -0.05) is 39.3 Å². The molecular formula is C22H33NO5. The summed E-state index contributed by atoms with van der Waals surface area (Å²) in [5.74, 6) is 1.21. The van der Waals surface area contributed by atoms with E-state index < -0.39 is 11.9 Å². The number of methoxy groups -OCH3 is 1. The van der Waals surface area contributed by atoms with E-state index in [-0.39, 0.29) is 19.1 Å². The molecule has 6 nitrogen and oxygen atoms in total. The SMILES string of the molecule is COc1ccccc1NCCC(=O)OCC(=O)O[C@@H]1C[C@@H](C)CC[C@H]1C(C)C. The Labute approximate surface area is 167 Å². The monoisotopic (exact) mass is 391 g/mol. The zero-order chi connectivity index (χ0) is 20.5. The van der Waals surface area contributed by atoms with Crippen LogP contribution in [0.25, 0.3) is 0 Å². The summed E-state index contributed by atoms with van der Waals surface area (Å²) in [4.78, 5) is 24.0. The first-order valence-corrected chi connectivity index (χ1v) is 10.1. The van der Waals surface area contributed by atoms with Crippen LogP contribution in [0.5, 0.6) is 5.75 Å². The van der Waals surface area contributed by atoms with E-state index in [1.54, 1.807) is 7.11 Å². The Hall–Kier alpha value is -2.24. The lowest BCUT2D eigenvalue weighted by molar-refractivity contribution is -0.167. The third-order valence-electron chi connectivity index (χ3n) is 5.35. The molecule has 1 aromatic rings. The van der Waals surface area contributed by atoms with E-state index in [0.29, 0.717) is 30.0 Å². The summed E-state index contributed by atoms with van der Waals surface area (Å²) in [6, 6.07) is 7.47. The molecule has 0 aliphatic heterocycles. The molecule has 1 aliphatic carbocycles. The smallest absolute Gasteiger partial charge is 0.344 e. The lowest BCUT2D eigenvalue weighted by atomic mass is 9.75. The Balaban J connectivity index is 1.70. The van der Waals surface area contributed by atoms with Gasteiger partial charge in [0.2, 0.25) is 0 Å². The Kier molecular flexibility index (Phi) is 8.61. The van der Waals surface area contributed by atoms with Gasteiger partial charge in [-0.05, 0) is 42.7 Å². The first-order valence-electron chi connectivity index (χ1n) is 10.1. The van der Waals surface area contributed by atoms with Crippen LogP contribution in [0.4, 0.5) is 5.69 Å². The van der Waals surface area contributed by atoms with Gasteiger partial charge in [0, 0.05) is 6.54 Å². The van der Waals surface area contributed by atoms with Crippen LogP contribution in [0, 0.1) is 17.8 Å². The van der Waals surface area contributed by atoms with E-state index in [2.05, 4.69) is 26.1 Å². The van der Waals surface area contributed by atoms with E-state index in [1.165, 1.54) is 6.42 Å². The van der Waals surface area contributed by atoms with Crippen LogP contribution < -0.4 is 10.1 Å². The minimum absolute atomic E-state index is 0.0813. The molecule has 0 heterocycles. The van der Waals surface area contributed by atoms with Crippen LogP contribution >= 0.6 is 0 Å². The highest BCUT2D eigenvalue weighted by molar-refractivity contribution is 5.76. The Morgan fingerprint density at radius 3 is 2.64 bits per heavy atom. The van der Waals surface area contributed by atoms with Crippen LogP contribution in [0.3, 0.4) is 0 Å². The number of carbonyl (C=O) groups excluding carboxylic acids is 2. The van der Waals surface area contributed by atoms with Crippen LogP contribution in [0.1, 0.15) is 46.5 Å². The fourth-order valence-electron chi connectivity index (χ4n) is 3.75. The topological polar surface area (TPSA) is 73.9 Å². The molecule has 0 amide bonds. The van der Waals surface area contributed by atoms with Crippen molar-refractivity contribution in [2.75, 3.05) is 25.6 Å². The highest BCUT2D eigenvalue weighted by Crippen LogP contribution is 2.35. The molecule has 156 valence electrons. The second-order valence-corrected chi connectivity index (χ2v) is 7.89. The molecule has 28 heavy (non-hydrogen) atoms. The number of nitrogens with one attached hydrogen (secondary N) is 1. The van der Waals surface area contributed by atoms with E-state index in [1.807, 2.05) is 24.3 Å². The zero-order valence-electron chi connectivity index (χ0n) is 17.4. The molecule has 1 saturated carbocycles. The van der Waals surface area contributed by atoms with Crippen molar-refractivity contribution in [3.8, 4) is 5.75 Å². The molecule has 1 fully saturated rings. The molecule has 0 aromatic heterocycles. The summed E-state index contributed by atoms with van der Waals surface area (Å²) in [6.45, 7) is 6.58. The molecular weight excluding hydrogens is 358 g/mol. The standard InChI is InChI=1S/C22H33NO5/c1-15(2)17-10-9-16(3)13-20(17)28-22(25)14-27-21(24)11-12-23-18-7-5-6-8-19(18)26-4/h5-8,15-17,20,23H,9-14H2,1-4H3/t16-,17-,20+/m0/s1. The maximum Gasteiger partial charge on any atom is 0.344 e. The van der Waals surface area contributed by atoms with Crippen molar-refractivity contribution in [2.45, 2.75) is 52.6 Å². The summed E-state index contributed by atoms with van der Waals surface area (Å²) in [6.07, 6.45) is 3.20. The van der Waals surface area contributed by atoms with Gasteiger partial charge >= 0.3 is 11.9 Å². The Morgan fingerprint density at radius 2 is 1.93 bits per heavy atom. The van der Waals surface area contributed by atoms with Gasteiger partial charge in [-0.15, -0.1) is 0 Å². The van der Waals surface area contributed by atoms with Gasteiger partial charge in [0.25, 0.3) is 0 Å². The fraction of sp³-hybridized carbons (Fsp3) is 0.636. The largest absolute Gasteiger partial charge is 0.495 e. The third kappa shape index (κ3) is 6.73. The van der Waals surface area contributed by atoms with E-state index in [4.69, 9.17) is 14.2 Å². The number of para-hydroxylation sites is 2. The van der Waals surface area contributed by atoms with Gasteiger partial charge in [0.1, 0.15) is 11.9 Å². The molecule has 1 aliphatic rings. The van der Waals surface area contributed by atoms with Gasteiger partial charge in [-0.3, -0.25) is 4.79 Å². The molecule has 1 aromatic carbocycles. The maximum absolute atomic E-state index is 12.1. The van der Waals surface area contributed by atoms with E-state index >= 15 is 0 Å². The summed E-state index contributed by atoms with van der Waals surface area (Å²) < 4.78 is 16.0. The summed E-state index contributed by atoms with van der Waals surface area (Å²) >= 11 is 0. The van der Waals surface area contributed by atoms with Crippen LogP contribution in [-0.4, -0.2) is 38.3 Å². The first kappa shape index (κ1) is 22.1. The number of hydrogen-bond acceptors (Lipinski definition) is 6. The second kappa shape index (κ2) is 10.9. The number of anilines is 1. The van der Waals surface area contributed by atoms with Crippen LogP contribution in [-0.2, 0) is 19.1 Å². The minimum atomic E-state index is -0.462. The Morgan fingerprint density at radius 1 is 1.18 bits per heavy atom. The molecule has 0 unspecified atom stereocenters. The molecule has 0 bridgehead atoms. The summed E-state index contributed by atoms with van der Waals surface area (Å²) in [7, 11) is 1.59. The fourth-order valence-corrected chi connectivity index (χ4v) is 3.75. The number of carbonyl (C=O) groups is 2. The second-order valence-electron chi connectivity index (χ2n) is 7.89. The molecule has 3 atom stereocenters. The van der Waals surface area contributed by atoms with E-state index in [0.717, 1.165) is 18.5 Å². The number of benzene rings is 1. The number of ether oxygens (including phenoxy) is 3. The minimum Gasteiger partial charge on any atom is -0.495 e. The average molecular weight is 392 g/mol. The maximum atomic E-state index is 12.1. The average Bonchev–Trinajstić information content (AvgIpc) is 2.66. The van der Waals surface area contributed by atoms with Crippen molar-refractivity contribution >= 4 is 17.6 Å². The predicted molar refractivity (Wildman–Crippen MR) is 108 cm³/mol. The lowest BCUT2D eigenvalue weighted by Gasteiger charge is -2.36. The molecule has 2 rings (SSSR count). The van der Waals surface area contributed by atoms with E-state index in [9.17, 15) is 9.59 Å². The third-order valence-corrected chi connectivity index (χ3v) is 5.35. The first-order chi connectivity index (χ1) is 13.4. The molecule has 0 saturated heterocycles. The number of esters is 2. The highest BCUT2D eigenvalue weighted by atomic mass is 16.6. The van der Waals surface area contributed by atoms with Crippen molar-refractivity contribution in [1.82, 2.24) is 0 Å². The molecule has 0 spiro atoms. The quantitative estimate of drug-likeness (QED) is 0.640. The van der Waals surface area contributed by atoms with Gasteiger partial charge in [0.15, 0.2) is 6.61 Å². The van der Waals surface area contributed by atoms with Crippen molar-refractivity contribution < 1.29 is 23.8 Å². The zero-order valence-corrected chi connectivity index (χ0v) is 17.4. The summed E-state index contributed by atoms with van der Waals surface area (Å²) in [5.41, 5.74) is 0.809. The normalized spacial score (nSPS) is 21.8. The molecule has 0 radical (unpaired) electrons. The van der Waals surface area contributed by atoms with Crippen molar-refractivity contribution in [3.05, 3.63) is 24.3 Å². The Bertz CT molecular complexity index is 646. The van der Waals surface area contributed by atoms with Gasteiger partial charge in [0.05, 0.1) is 19.2 Å². The van der Waals surface area contributed by atoms with Gasteiger partial charge < -0.3 is 19.5 Å². The van der Waals surface area contributed by atoms with Crippen molar-refractivity contribution in [2.24, 2.45) is 17.8 Å². The highest BCUT2D eigenvalue weighted by Gasteiger charge is 2.33. The molecule has 1 N–H and O–H groups in total. The van der Waals surface area contributed by atoms with Crippen LogP contribution in [0.2, 0.25) is 0 Å². The lowest BCUT2D eigenvalue weighted by Crippen LogP contribution is -2.36. The van der Waals surface area contributed by atoms with Crippen LogP contribution in [0.15, 0.2) is 24.3 Å². The van der Waals surface area contributed by atoms with Crippen molar-refractivity contribution in [1.29, 1.82) is 0 Å². The van der Waals surface area contributed by atoms with Gasteiger partial charge in [-0.2, -0.15) is 0 Å². The number of hydrogen-bond donors (Lipinski definition) is 1. The predicted octanol–water partition coefficient (Wildman–Crippen LogP) is 4.04. The number of rotatable bonds is 9. The van der Waals surface area contributed by atoms with Gasteiger partial charge in [-0.25, -0.2) is 4.79 Å². The molecule has 6 heteroatoms. The summed E-state index contributed by atoms with van der Waals surface area (Å²) in [5, 5.41) is 3.13.